The Kier molecular flexibility index (Phi) is 14.2. The van der Waals surface area contributed by atoms with Gasteiger partial charge in [0.15, 0.2) is 0 Å². The molecule has 0 aliphatic rings. The topological polar surface area (TPSA) is 91.0 Å². The molecule has 3 N–H and O–H groups in total. The Morgan fingerprint density at radius 2 is 1.83 bits per heavy atom. The van der Waals surface area contributed by atoms with Crippen molar-refractivity contribution in [2.24, 2.45) is 5.73 Å². The highest BCUT2D eigenvalue weighted by molar-refractivity contribution is 5.66. The summed E-state index contributed by atoms with van der Waals surface area (Å²) >= 11 is 0. The van der Waals surface area contributed by atoms with Crippen LogP contribution in [0.2, 0.25) is 0 Å². The molecule has 0 atom stereocenters. The predicted octanol–water partition coefficient (Wildman–Crippen LogP) is 2.10. The first-order valence-corrected chi connectivity index (χ1v) is 8.01. The number of ether oxygens (including phenoxy) is 3. The molecule has 0 aliphatic carbocycles. The molecule has 132 valence electrons. The molecule has 0 bridgehead atoms. The van der Waals surface area contributed by atoms with Crippen molar-refractivity contribution < 1.29 is 24.1 Å². The molecule has 0 unspecified atom stereocenters. The summed E-state index contributed by atoms with van der Waals surface area (Å²) in [5.41, 5.74) is 6.40. The summed E-state index contributed by atoms with van der Waals surface area (Å²) in [5.74, 6) is -0.0587. The SMILES string of the molecule is CC.NCCOCCOc1cccc(CCOCCC(=O)O)c1. The first-order valence-electron chi connectivity index (χ1n) is 8.01. The van der Waals surface area contributed by atoms with Gasteiger partial charge in [-0.15, -0.1) is 0 Å². The zero-order chi connectivity index (χ0) is 17.3. The summed E-state index contributed by atoms with van der Waals surface area (Å²) in [7, 11) is 0. The molecule has 6 heteroatoms. The maximum absolute atomic E-state index is 10.3. The fraction of sp³-hybridized carbons (Fsp3) is 0.588. The van der Waals surface area contributed by atoms with E-state index in [0.29, 0.717) is 33.0 Å². The minimum absolute atomic E-state index is 0.0337. The van der Waals surface area contributed by atoms with Gasteiger partial charge in [-0.1, -0.05) is 26.0 Å². The number of benzene rings is 1. The first kappa shape index (κ1) is 21.4. The molecule has 0 spiro atoms. The first-order chi connectivity index (χ1) is 11.2. The van der Waals surface area contributed by atoms with Crippen molar-refractivity contribution in [1.29, 1.82) is 0 Å². The van der Waals surface area contributed by atoms with E-state index in [0.717, 1.165) is 17.7 Å². The molecule has 0 heterocycles. The van der Waals surface area contributed by atoms with Crippen LogP contribution in [0.3, 0.4) is 0 Å². The number of nitrogens with two attached hydrogens (primary N) is 1. The molecule has 0 fully saturated rings. The molecular weight excluding hydrogens is 298 g/mol. The Bertz CT molecular complexity index is 412. The average Bonchev–Trinajstić information content (AvgIpc) is 2.56. The summed E-state index contributed by atoms with van der Waals surface area (Å²) < 4.78 is 16.1. The fourth-order valence-electron chi connectivity index (χ4n) is 1.65. The van der Waals surface area contributed by atoms with Crippen LogP contribution < -0.4 is 10.5 Å². The minimum Gasteiger partial charge on any atom is -0.491 e. The smallest absolute Gasteiger partial charge is 0.305 e. The second kappa shape index (κ2) is 15.3. The van der Waals surface area contributed by atoms with E-state index in [9.17, 15) is 4.79 Å². The van der Waals surface area contributed by atoms with E-state index in [-0.39, 0.29) is 13.0 Å². The van der Waals surface area contributed by atoms with E-state index in [1.165, 1.54) is 0 Å². The van der Waals surface area contributed by atoms with Crippen LogP contribution >= 0.6 is 0 Å². The van der Waals surface area contributed by atoms with E-state index < -0.39 is 5.97 Å². The quantitative estimate of drug-likeness (QED) is 0.571. The van der Waals surface area contributed by atoms with Crippen molar-refractivity contribution in [1.82, 2.24) is 0 Å². The third kappa shape index (κ3) is 12.6. The standard InChI is InChI=1S/C15H23NO5.C2H6/c16-6-9-20-10-11-21-14-3-1-2-13(12-14)4-7-19-8-5-15(17)18;1-2/h1-3,12H,4-11,16H2,(H,17,18);1-2H3. The van der Waals surface area contributed by atoms with E-state index in [2.05, 4.69) is 0 Å². The van der Waals surface area contributed by atoms with Gasteiger partial charge >= 0.3 is 5.97 Å². The van der Waals surface area contributed by atoms with Gasteiger partial charge < -0.3 is 25.1 Å². The number of rotatable bonds is 12. The molecule has 1 aromatic rings. The molecule has 23 heavy (non-hydrogen) atoms. The Morgan fingerprint density at radius 3 is 2.52 bits per heavy atom. The van der Waals surface area contributed by atoms with Crippen molar-refractivity contribution in [2.45, 2.75) is 26.7 Å². The average molecular weight is 327 g/mol. The van der Waals surface area contributed by atoms with Gasteiger partial charge in [-0.05, 0) is 24.1 Å². The van der Waals surface area contributed by atoms with Gasteiger partial charge in [0.1, 0.15) is 12.4 Å². The lowest BCUT2D eigenvalue weighted by molar-refractivity contribution is -0.138. The number of hydrogen-bond donors (Lipinski definition) is 2. The zero-order valence-corrected chi connectivity index (χ0v) is 14.1. The van der Waals surface area contributed by atoms with Crippen molar-refractivity contribution >= 4 is 5.97 Å². The fourth-order valence-corrected chi connectivity index (χ4v) is 1.65. The monoisotopic (exact) mass is 327 g/mol. The third-order valence-corrected chi connectivity index (χ3v) is 2.65. The Hall–Kier alpha value is -1.63. The Morgan fingerprint density at radius 1 is 1.09 bits per heavy atom. The van der Waals surface area contributed by atoms with Gasteiger partial charge in [-0.2, -0.15) is 0 Å². The van der Waals surface area contributed by atoms with Crippen LogP contribution in [-0.4, -0.2) is 50.7 Å². The predicted molar refractivity (Wildman–Crippen MR) is 89.9 cm³/mol. The number of carbonyl (C=O) groups is 1. The van der Waals surface area contributed by atoms with Gasteiger partial charge in [-0.25, -0.2) is 0 Å². The highest BCUT2D eigenvalue weighted by Crippen LogP contribution is 2.13. The number of carboxylic acid groups (broad SMARTS) is 1. The van der Waals surface area contributed by atoms with Crippen molar-refractivity contribution in [2.75, 3.05) is 39.6 Å². The minimum atomic E-state index is -0.845. The maximum atomic E-state index is 10.3. The molecule has 0 saturated carbocycles. The van der Waals surface area contributed by atoms with Gasteiger partial charge in [-0.3, -0.25) is 4.79 Å². The second-order valence-corrected chi connectivity index (χ2v) is 4.40. The Labute approximate surface area is 138 Å². The maximum Gasteiger partial charge on any atom is 0.305 e. The van der Waals surface area contributed by atoms with Gasteiger partial charge in [0.25, 0.3) is 0 Å². The summed E-state index contributed by atoms with van der Waals surface area (Å²) in [4.78, 5) is 10.3. The highest BCUT2D eigenvalue weighted by atomic mass is 16.5. The summed E-state index contributed by atoms with van der Waals surface area (Å²) in [6, 6.07) is 7.74. The van der Waals surface area contributed by atoms with Crippen LogP contribution in [0.25, 0.3) is 0 Å². The van der Waals surface area contributed by atoms with Crippen LogP contribution in [0, 0.1) is 0 Å². The van der Waals surface area contributed by atoms with Gasteiger partial charge in [0, 0.05) is 6.54 Å². The van der Waals surface area contributed by atoms with Gasteiger partial charge in [0.05, 0.1) is 32.8 Å². The molecule has 0 aromatic heterocycles. The molecule has 1 aromatic carbocycles. The normalized spacial score (nSPS) is 9.87. The van der Waals surface area contributed by atoms with Crippen LogP contribution in [-0.2, 0) is 20.7 Å². The molecular formula is C17H29NO5. The summed E-state index contributed by atoms with van der Waals surface area (Å²) in [6.45, 7) is 6.78. The van der Waals surface area contributed by atoms with Crippen LogP contribution in [0.1, 0.15) is 25.8 Å². The summed E-state index contributed by atoms with van der Waals surface area (Å²) in [5, 5.41) is 8.49. The molecule has 1 rings (SSSR count). The lowest BCUT2D eigenvalue weighted by Crippen LogP contribution is -2.13. The van der Waals surface area contributed by atoms with E-state index in [1.807, 2.05) is 38.1 Å². The van der Waals surface area contributed by atoms with Gasteiger partial charge in [0.2, 0.25) is 0 Å². The van der Waals surface area contributed by atoms with Crippen molar-refractivity contribution in [3.8, 4) is 5.75 Å². The lowest BCUT2D eigenvalue weighted by Gasteiger charge is -2.08. The number of carboxylic acids is 1. The zero-order valence-electron chi connectivity index (χ0n) is 14.1. The third-order valence-electron chi connectivity index (χ3n) is 2.65. The van der Waals surface area contributed by atoms with Crippen LogP contribution in [0.15, 0.2) is 24.3 Å². The molecule has 0 radical (unpaired) electrons. The van der Waals surface area contributed by atoms with E-state index in [1.54, 1.807) is 0 Å². The summed E-state index contributed by atoms with van der Waals surface area (Å²) in [6.07, 6.45) is 0.756. The van der Waals surface area contributed by atoms with Crippen LogP contribution in [0.4, 0.5) is 0 Å². The number of hydrogen-bond acceptors (Lipinski definition) is 5. The van der Waals surface area contributed by atoms with Crippen LogP contribution in [0.5, 0.6) is 5.75 Å². The highest BCUT2D eigenvalue weighted by Gasteiger charge is 2.00. The Balaban J connectivity index is 0.00000232. The van der Waals surface area contributed by atoms with Crippen molar-refractivity contribution in [3.05, 3.63) is 29.8 Å². The largest absolute Gasteiger partial charge is 0.491 e. The number of aliphatic carboxylic acids is 1. The molecule has 0 amide bonds. The van der Waals surface area contributed by atoms with Crippen molar-refractivity contribution in [3.63, 3.8) is 0 Å². The molecule has 0 aliphatic heterocycles. The molecule has 6 nitrogen and oxygen atoms in total. The van der Waals surface area contributed by atoms with E-state index in [4.69, 9.17) is 25.1 Å². The van der Waals surface area contributed by atoms with E-state index >= 15 is 0 Å². The molecule has 0 saturated heterocycles. The second-order valence-electron chi connectivity index (χ2n) is 4.40. The lowest BCUT2D eigenvalue weighted by atomic mass is 10.1.